The van der Waals surface area contributed by atoms with Crippen LogP contribution in [-0.2, 0) is 11.4 Å². The number of fused-ring (bicyclic) bond motifs is 1. The molecule has 0 aliphatic carbocycles. The molecule has 1 saturated heterocycles. The average molecular weight is 495 g/mol. The molecular formula is C25H23BrN2O2S. The van der Waals surface area contributed by atoms with Crippen molar-refractivity contribution in [3.8, 4) is 5.75 Å². The van der Waals surface area contributed by atoms with Crippen LogP contribution in [0.5, 0.6) is 5.75 Å². The van der Waals surface area contributed by atoms with E-state index in [1.807, 2.05) is 62.4 Å². The molecule has 1 aliphatic rings. The maximum Gasteiger partial charge on any atom is 0.266 e. The Bertz CT molecular complexity index is 1170. The van der Waals surface area contributed by atoms with E-state index in [2.05, 4.69) is 39.1 Å². The molecule has 0 N–H and O–H groups in total. The molecule has 3 aromatic carbocycles. The molecule has 4 nitrogen and oxygen atoms in total. The van der Waals surface area contributed by atoms with E-state index in [1.54, 1.807) is 4.90 Å². The number of hydrogen-bond donors (Lipinski definition) is 0. The largest absolute Gasteiger partial charge is 0.488 e. The van der Waals surface area contributed by atoms with Crippen molar-refractivity contribution in [2.24, 2.45) is 4.99 Å². The number of benzene rings is 3. The number of ether oxygens (including phenoxy) is 1. The highest BCUT2D eigenvalue weighted by atomic mass is 79.9. The van der Waals surface area contributed by atoms with Crippen LogP contribution in [0.2, 0.25) is 0 Å². The zero-order valence-electron chi connectivity index (χ0n) is 17.5. The van der Waals surface area contributed by atoms with Gasteiger partial charge in [0.25, 0.3) is 5.91 Å². The van der Waals surface area contributed by atoms with Crippen LogP contribution in [-0.4, -0.2) is 29.1 Å². The predicted molar refractivity (Wildman–Crippen MR) is 133 cm³/mol. The van der Waals surface area contributed by atoms with Gasteiger partial charge in [-0.2, -0.15) is 0 Å². The standard InChI is InChI=1S/C25H23BrN2O2S/c1-3-27-25-28(4-2)24(29)23(31-25)15-21-20-8-6-5-7-18(20)11-14-22(21)30-16-17-9-12-19(26)13-10-17/h5-15H,3-4,16H2,1-2H3. The molecule has 1 fully saturated rings. The first kappa shape index (κ1) is 21.7. The molecule has 0 atom stereocenters. The van der Waals surface area contributed by atoms with Crippen LogP contribution < -0.4 is 4.74 Å². The van der Waals surface area contributed by atoms with Crippen molar-refractivity contribution in [3.63, 3.8) is 0 Å². The van der Waals surface area contributed by atoms with E-state index in [-0.39, 0.29) is 5.91 Å². The molecular weight excluding hydrogens is 472 g/mol. The van der Waals surface area contributed by atoms with Gasteiger partial charge in [0.05, 0.1) is 4.91 Å². The van der Waals surface area contributed by atoms with Gasteiger partial charge in [-0.05, 0) is 66.2 Å². The Morgan fingerprint density at radius 2 is 1.84 bits per heavy atom. The summed E-state index contributed by atoms with van der Waals surface area (Å²) in [5.74, 6) is 0.748. The lowest BCUT2D eigenvalue weighted by Gasteiger charge is -2.13. The predicted octanol–water partition coefficient (Wildman–Crippen LogP) is 6.49. The van der Waals surface area contributed by atoms with E-state index < -0.39 is 0 Å². The second-order valence-electron chi connectivity index (χ2n) is 7.03. The lowest BCUT2D eigenvalue weighted by atomic mass is 10.0. The van der Waals surface area contributed by atoms with E-state index in [0.29, 0.717) is 24.6 Å². The number of carbonyl (C=O) groups is 1. The fraction of sp³-hybridized carbons (Fsp3) is 0.200. The quantitative estimate of drug-likeness (QED) is 0.367. The van der Waals surface area contributed by atoms with Crippen molar-refractivity contribution in [1.82, 2.24) is 4.90 Å². The summed E-state index contributed by atoms with van der Waals surface area (Å²) in [4.78, 5) is 19.9. The number of amidine groups is 1. The van der Waals surface area contributed by atoms with Crippen molar-refractivity contribution in [2.45, 2.75) is 20.5 Å². The molecule has 0 spiro atoms. The Labute approximate surface area is 195 Å². The molecule has 31 heavy (non-hydrogen) atoms. The minimum absolute atomic E-state index is 0.00788. The van der Waals surface area contributed by atoms with Crippen LogP contribution in [0.15, 0.2) is 75.0 Å². The summed E-state index contributed by atoms with van der Waals surface area (Å²) in [7, 11) is 0. The highest BCUT2D eigenvalue weighted by molar-refractivity contribution is 9.10. The smallest absolute Gasteiger partial charge is 0.266 e. The van der Waals surface area contributed by atoms with Gasteiger partial charge in [0.1, 0.15) is 12.4 Å². The van der Waals surface area contributed by atoms with Gasteiger partial charge in [0.2, 0.25) is 0 Å². The normalized spacial score (nSPS) is 16.6. The number of thioether (sulfide) groups is 1. The summed E-state index contributed by atoms with van der Waals surface area (Å²) in [5, 5.41) is 2.93. The van der Waals surface area contributed by atoms with E-state index in [0.717, 1.165) is 37.3 Å². The van der Waals surface area contributed by atoms with Crippen molar-refractivity contribution < 1.29 is 9.53 Å². The summed E-state index contributed by atoms with van der Waals surface area (Å²) in [6, 6.07) is 20.3. The van der Waals surface area contributed by atoms with E-state index >= 15 is 0 Å². The number of amides is 1. The molecule has 158 valence electrons. The number of aliphatic imine (C=N–C) groups is 1. The number of likely N-dealkylation sites (N-methyl/N-ethyl adjacent to an activating group) is 1. The third kappa shape index (κ3) is 4.70. The van der Waals surface area contributed by atoms with Gasteiger partial charge in [-0.25, -0.2) is 0 Å². The van der Waals surface area contributed by atoms with Crippen LogP contribution in [0.3, 0.4) is 0 Å². The van der Waals surface area contributed by atoms with Gasteiger partial charge >= 0.3 is 0 Å². The fourth-order valence-electron chi connectivity index (χ4n) is 3.46. The van der Waals surface area contributed by atoms with Gasteiger partial charge < -0.3 is 4.74 Å². The third-order valence-electron chi connectivity index (χ3n) is 5.01. The minimum atomic E-state index is -0.00788. The van der Waals surface area contributed by atoms with Crippen LogP contribution in [0.25, 0.3) is 16.8 Å². The Hall–Kier alpha value is -2.57. The van der Waals surface area contributed by atoms with Gasteiger partial charge in [-0.15, -0.1) is 0 Å². The van der Waals surface area contributed by atoms with Crippen LogP contribution in [0, 0.1) is 0 Å². The highest BCUT2D eigenvalue weighted by Crippen LogP contribution is 2.37. The van der Waals surface area contributed by atoms with Gasteiger partial charge in [-0.3, -0.25) is 14.7 Å². The summed E-state index contributed by atoms with van der Waals surface area (Å²) in [6.45, 7) is 5.65. The topological polar surface area (TPSA) is 41.9 Å². The molecule has 0 radical (unpaired) electrons. The van der Waals surface area contributed by atoms with Crippen LogP contribution in [0.4, 0.5) is 0 Å². The summed E-state index contributed by atoms with van der Waals surface area (Å²) >= 11 is 4.90. The molecule has 0 aromatic heterocycles. The Morgan fingerprint density at radius 3 is 2.58 bits per heavy atom. The first-order chi connectivity index (χ1) is 15.1. The molecule has 1 amide bonds. The summed E-state index contributed by atoms with van der Waals surface area (Å²) < 4.78 is 7.26. The highest BCUT2D eigenvalue weighted by Gasteiger charge is 2.32. The Balaban J connectivity index is 1.74. The van der Waals surface area contributed by atoms with Crippen LogP contribution in [0.1, 0.15) is 25.0 Å². The zero-order chi connectivity index (χ0) is 21.8. The van der Waals surface area contributed by atoms with Crippen molar-refractivity contribution in [3.05, 3.63) is 81.2 Å². The van der Waals surface area contributed by atoms with Crippen LogP contribution >= 0.6 is 27.7 Å². The zero-order valence-corrected chi connectivity index (χ0v) is 19.9. The molecule has 6 heteroatoms. The average Bonchev–Trinajstić information content (AvgIpc) is 3.08. The number of nitrogens with zero attached hydrogens (tertiary/aromatic N) is 2. The molecule has 3 aromatic rings. The molecule has 0 unspecified atom stereocenters. The molecule has 1 heterocycles. The summed E-state index contributed by atoms with van der Waals surface area (Å²) in [5.41, 5.74) is 2.00. The lowest BCUT2D eigenvalue weighted by Crippen LogP contribution is -2.28. The second-order valence-corrected chi connectivity index (χ2v) is 8.96. The first-order valence-corrected chi connectivity index (χ1v) is 11.9. The van der Waals surface area contributed by atoms with E-state index in [1.165, 1.54) is 11.8 Å². The fourth-order valence-corrected chi connectivity index (χ4v) is 4.81. The van der Waals surface area contributed by atoms with Gasteiger partial charge in [0.15, 0.2) is 5.17 Å². The molecule has 4 rings (SSSR count). The molecule has 1 aliphatic heterocycles. The number of halogens is 1. The lowest BCUT2D eigenvalue weighted by molar-refractivity contribution is -0.122. The summed E-state index contributed by atoms with van der Waals surface area (Å²) in [6.07, 6.45) is 1.95. The number of rotatable bonds is 6. The van der Waals surface area contributed by atoms with Crippen molar-refractivity contribution >= 4 is 55.6 Å². The Kier molecular flexibility index (Phi) is 6.78. The number of carbonyl (C=O) groups excluding carboxylic acids is 1. The maximum absolute atomic E-state index is 13.0. The first-order valence-electron chi connectivity index (χ1n) is 10.3. The molecule has 0 bridgehead atoms. The SMILES string of the molecule is CCN=C1SC(=Cc2c(OCc3ccc(Br)cc3)ccc3ccccc23)C(=O)N1CC. The van der Waals surface area contributed by atoms with Crippen molar-refractivity contribution in [2.75, 3.05) is 13.1 Å². The molecule has 0 saturated carbocycles. The van der Waals surface area contributed by atoms with Gasteiger partial charge in [0, 0.05) is 23.1 Å². The monoisotopic (exact) mass is 494 g/mol. The minimum Gasteiger partial charge on any atom is -0.488 e. The Morgan fingerprint density at radius 1 is 1.06 bits per heavy atom. The maximum atomic E-state index is 13.0. The van der Waals surface area contributed by atoms with E-state index in [9.17, 15) is 4.79 Å². The second kappa shape index (κ2) is 9.71. The number of hydrogen-bond acceptors (Lipinski definition) is 4. The van der Waals surface area contributed by atoms with E-state index in [4.69, 9.17) is 4.74 Å². The van der Waals surface area contributed by atoms with Gasteiger partial charge in [-0.1, -0.05) is 58.4 Å². The third-order valence-corrected chi connectivity index (χ3v) is 6.58. The van der Waals surface area contributed by atoms with Crippen molar-refractivity contribution in [1.29, 1.82) is 0 Å².